The molecule has 5 heteroatoms. The van der Waals surface area contributed by atoms with Crippen LogP contribution in [0, 0.1) is 10.1 Å². The molecular weight excluding hydrogens is 230 g/mol. The smallest absolute Gasteiger partial charge is 0.269 e. The fourth-order valence-corrected chi connectivity index (χ4v) is 2.41. The summed E-state index contributed by atoms with van der Waals surface area (Å²) in [6, 6.07) is 7.48. The molecule has 0 aromatic heterocycles. The first-order valence-electron chi connectivity index (χ1n) is 6.37. The minimum atomic E-state index is -0.378. The van der Waals surface area contributed by atoms with Gasteiger partial charge in [-0.05, 0) is 24.8 Å². The molecule has 0 amide bonds. The number of nitrogens with zero attached hydrogens (tertiary/aromatic N) is 1. The SMILES string of the molecule is NC1CCCC(NCc2ccc([N+](=O)[O-])cc2)C1. The first kappa shape index (κ1) is 13.0. The highest BCUT2D eigenvalue weighted by Gasteiger charge is 2.18. The fraction of sp³-hybridized carbons (Fsp3) is 0.538. The molecule has 0 heterocycles. The summed E-state index contributed by atoms with van der Waals surface area (Å²) in [5.41, 5.74) is 7.14. The maximum absolute atomic E-state index is 10.5. The summed E-state index contributed by atoms with van der Waals surface area (Å²) in [5.74, 6) is 0. The van der Waals surface area contributed by atoms with Crippen molar-refractivity contribution < 1.29 is 4.92 Å². The second kappa shape index (κ2) is 5.93. The minimum Gasteiger partial charge on any atom is -0.328 e. The monoisotopic (exact) mass is 249 g/mol. The Hall–Kier alpha value is -1.46. The molecule has 1 aromatic rings. The quantitative estimate of drug-likeness (QED) is 0.631. The molecule has 2 rings (SSSR count). The van der Waals surface area contributed by atoms with Gasteiger partial charge in [0.15, 0.2) is 0 Å². The van der Waals surface area contributed by atoms with Crippen molar-refractivity contribution in [3.63, 3.8) is 0 Å². The van der Waals surface area contributed by atoms with E-state index in [1.165, 1.54) is 12.8 Å². The third-order valence-electron chi connectivity index (χ3n) is 3.46. The molecule has 1 fully saturated rings. The number of non-ortho nitro benzene ring substituents is 1. The molecule has 1 aromatic carbocycles. The van der Waals surface area contributed by atoms with Crippen LogP contribution in [0.5, 0.6) is 0 Å². The zero-order chi connectivity index (χ0) is 13.0. The average molecular weight is 249 g/mol. The molecule has 98 valence electrons. The summed E-state index contributed by atoms with van der Waals surface area (Å²) >= 11 is 0. The van der Waals surface area contributed by atoms with Crippen molar-refractivity contribution in [1.82, 2.24) is 5.32 Å². The molecule has 2 unspecified atom stereocenters. The number of benzene rings is 1. The van der Waals surface area contributed by atoms with Gasteiger partial charge in [0.25, 0.3) is 5.69 Å². The van der Waals surface area contributed by atoms with Crippen molar-refractivity contribution in [2.75, 3.05) is 0 Å². The standard InChI is InChI=1S/C13H19N3O2/c14-11-2-1-3-12(8-11)15-9-10-4-6-13(7-5-10)16(17)18/h4-7,11-12,15H,1-3,8-9,14H2. The lowest BCUT2D eigenvalue weighted by molar-refractivity contribution is -0.384. The van der Waals surface area contributed by atoms with E-state index >= 15 is 0 Å². The first-order valence-corrected chi connectivity index (χ1v) is 6.37. The molecule has 0 bridgehead atoms. The van der Waals surface area contributed by atoms with Gasteiger partial charge in [-0.2, -0.15) is 0 Å². The van der Waals surface area contributed by atoms with Crippen molar-refractivity contribution in [3.8, 4) is 0 Å². The van der Waals surface area contributed by atoms with Crippen molar-refractivity contribution >= 4 is 5.69 Å². The highest BCUT2D eigenvalue weighted by Crippen LogP contribution is 2.18. The molecule has 2 atom stereocenters. The van der Waals surface area contributed by atoms with Gasteiger partial charge < -0.3 is 11.1 Å². The lowest BCUT2D eigenvalue weighted by Crippen LogP contribution is -2.39. The van der Waals surface area contributed by atoms with Gasteiger partial charge in [-0.3, -0.25) is 10.1 Å². The molecule has 1 aliphatic rings. The van der Waals surface area contributed by atoms with Crippen molar-refractivity contribution in [3.05, 3.63) is 39.9 Å². The third kappa shape index (κ3) is 3.51. The second-order valence-corrected chi connectivity index (χ2v) is 4.93. The summed E-state index contributed by atoms with van der Waals surface area (Å²) < 4.78 is 0. The van der Waals surface area contributed by atoms with Gasteiger partial charge in [0.1, 0.15) is 0 Å². The Labute approximate surface area is 107 Å². The summed E-state index contributed by atoms with van der Waals surface area (Å²) in [6.45, 7) is 0.745. The van der Waals surface area contributed by atoms with Crippen LogP contribution < -0.4 is 11.1 Å². The van der Waals surface area contributed by atoms with Gasteiger partial charge in [-0.1, -0.05) is 18.6 Å². The van der Waals surface area contributed by atoms with E-state index in [1.54, 1.807) is 24.3 Å². The predicted molar refractivity (Wildman–Crippen MR) is 70.2 cm³/mol. The topological polar surface area (TPSA) is 81.2 Å². The first-order chi connectivity index (χ1) is 8.65. The van der Waals surface area contributed by atoms with Crippen LogP contribution in [-0.2, 0) is 6.54 Å². The second-order valence-electron chi connectivity index (χ2n) is 4.93. The minimum absolute atomic E-state index is 0.137. The van der Waals surface area contributed by atoms with Crippen LogP contribution in [0.4, 0.5) is 5.69 Å². The highest BCUT2D eigenvalue weighted by molar-refractivity contribution is 5.32. The van der Waals surface area contributed by atoms with Gasteiger partial charge in [-0.15, -0.1) is 0 Å². The molecule has 3 N–H and O–H groups in total. The summed E-state index contributed by atoms with van der Waals surface area (Å²) in [7, 11) is 0. The maximum Gasteiger partial charge on any atom is 0.269 e. The fourth-order valence-electron chi connectivity index (χ4n) is 2.41. The number of nitro groups is 1. The Balaban J connectivity index is 1.84. The van der Waals surface area contributed by atoms with E-state index in [4.69, 9.17) is 5.73 Å². The van der Waals surface area contributed by atoms with E-state index in [1.807, 2.05) is 0 Å². The number of hydrogen-bond donors (Lipinski definition) is 2. The van der Waals surface area contributed by atoms with Gasteiger partial charge >= 0.3 is 0 Å². The van der Waals surface area contributed by atoms with Crippen LogP contribution in [-0.4, -0.2) is 17.0 Å². The Morgan fingerprint density at radius 1 is 1.33 bits per heavy atom. The van der Waals surface area contributed by atoms with Crippen LogP contribution in [0.15, 0.2) is 24.3 Å². The van der Waals surface area contributed by atoms with Crippen molar-refractivity contribution in [2.45, 2.75) is 44.3 Å². The lowest BCUT2D eigenvalue weighted by Gasteiger charge is -2.27. The molecule has 0 spiro atoms. The zero-order valence-corrected chi connectivity index (χ0v) is 10.3. The van der Waals surface area contributed by atoms with Crippen LogP contribution in [0.1, 0.15) is 31.2 Å². The number of nitro benzene ring substituents is 1. The molecule has 0 saturated heterocycles. The molecule has 0 radical (unpaired) electrons. The zero-order valence-electron chi connectivity index (χ0n) is 10.3. The van der Waals surface area contributed by atoms with Gasteiger partial charge in [0.05, 0.1) is 4.92 Å². The Morgan fingerprint density at radius 3 is 2.67 bits per heavy atom. The van der Waals surface area contributed by atoms with Gasteiger partial charge in [0.2, 0.25) is 0 Å². The maximum atomic E-state index is 10.5. The summed E-state index contributed by atoms with van der Waals surface area (Å²) in [5, 5.41) is 14.0. The molecule has 5 nitrogen and oxygen atoms in total. The predicted octanol–water partition coefficient (Wildman–Crippen LogP) is 1.95. The molecule has 0 aliphatic heterocycles. The normalized spacial score (nSPS) is 23.8. The van der Waals surface area contributed by atoms with Crippen molar-refractivity contribution in [2.24, 2.45) is 5.73 Å². The Morgan fingerprint density at radius 2 is 2.06 bits per heavy atom. The molecule has 1 aliphatic carbocycles. The summed E-state index contributed by atoms with van der Waals surface area (Å²) in [6.07, 6.45) is 4.49. The van der Waals surface area contributed by atoms with Crippen molar-refractivity contribution in [1.29, 1.82) is 0 Å². The number of nitrogens with two attached hydrogens (primary N) is 1. The van der Waals surface area contributed by atoms with E-state index in [2.05, 4.69) is 5.32 Å². The molecule has 18 heavy (non-hydrogen) atoms. The largest absolute Gasteiger partial charge is 0.328 e. The van der Waals surface area contributed by atoms with E-state index in [0.29, 0.717) is 12.1 Å². The van der Waals surface area contributed by atoms with Crippen LogP contribution in [0.2, 0.25) is 0 Å². The average Bonchev–Trinajstić information content (AvgIpc) is 2.37. The highest BCUT2D eigenvalue weighted by atomic mass is 16.6. The van der Waals surface area contributed by atoms with Gasteiger partial charge in [0, 0.05) is 30.8 Å². The summed E-state index contributed by atoms with van der Waals surface area (Å²) in [4.78, 5) is 10.2. The molecular formula is C13H19N3O2. The van der Waals surface area contributed by atoms with Gasteiger partial charge in [-0.25, -0.2) is 0 Å². The van der Waals surface area contributed by atoms with E-state index in [9.17, 15) is 10.1 Å². The number of hydrogen-bond acceptors (Lipinski definition) is 4. The third-order valence-corrected chi connectivity index (χ3v) is 3.46. The Bertz CT molecular complexity index is 405. The Kier molecular flexibility index (Phi) is 4.28. The molecule has 1 saturated carbocycles. The van der Waals surface area contributed by atoms with Crippen LogP contribution in [0.3, 0.4) is 0 Å². The number of nitrogens with one attached hydrogen (secondary N) is 1. The lowest BCUT2D eigenvalue weighted by atomic mass is 9.91. The van der Waals surface area contributed by atoms with E-state index in [-0.39, 0.29) is 10.6 Å². The van der Waals surface area contributed by atoms with E-state index < -0.39 is 0 Å². The van der Waals surface area contributed by atoms with E-state index in [0.717, 1.165) is 24.9 Å². The van der Waals surface area contributed by atoms with Crippen LogP contribution >= 0.6 is 0 Å². The van der Waals surface area contributed by atoms with Crippen LogP contribution in [0.25, 0.3) is 0 Å². The number of rotatable bonds is 4.